The van der Waals surface area contributed by atoms with Gasteiger partial charge in [-0.2, -0.15) is 0 Å². The van der Waals surface area contributed by atoms with E-state index in [0.29, 0.717) is 22.9 Å². The second-order valence-electron chi connectivity index (χ2n) is 6.24. The predicted molar refractivity (Wildman–Crippen MR) is 116 cm³/mol. The van der Waals surface area contributed by atoms with Crippen LogP contribution >= 0.6 is 23.2 Å². The van der Waals surface area contributed by atoms with Gasteiger partial charge in [0, 0.05) is 12.1 Å². The number of hydrogen-bond donors (Lipinski definition) is 1. The standard InChI is InChI=1S/C21H18Cl2N2O6/c1-4-31-16-6-5-11(8-13(16)22)7-12-19(26)24-21(28)25(20(12)27)15-10-17(29-2)14(23)9-18(15)30-3/h5-10H,4H2,1-3H3,(H,24,26,28)/b12-7+. The zero-order valence-corrected chi connectivity index (χ0v) is 18.3. The van der Waals surface area contributed by atoms with Crippen LogP contribution in [0.25, 0.3) is 6.08 Å². The van der Waals surface area contributed by atoms with Crippen LogP contribution < -0.4 is 24.4 Å². The number of carbonyl (C=O) groups excluding carboxylic acids is 3. The van der Waals surface area contributed by atoms with E-state index in [1.807, 2.05) is 6.92 Å². The summed E-state index contributed by atoms with van der Waals surface area (Å²) < 4.78 is 15.8. The second-order valence-corrected chi connectivity index (χ2v) is 7.05. The lowest BCUT2D eigenvalue weighted by atomic mass is 10.1. The van der Waals surface area contributed by atoms with E-state index in [4.69, 9.17) is 37.4 Å². The first-order valence-corrected chi connectivity index (χ1v) is 9.81. The van der Waals surface area contributed by atoms with Crippen LogP contribution in [0.1, 0.15) is 12.5 Å². The molecule has 0 saturated carbocycles. The monoisotopic (exact) mass is 464 g/mol. The number of nitrogens with zero attached hydrogens (tertiary/aromatic N) is 1. The fourth-order valence-corrected chi connectivity index (χ4v) is 3.42. The summed E-state index contributed by atoms with van der Waals surface area (Å²) in [6.45, 7) is 2.26. The number of hydrogen-bond acceptors (Lipinski definition) is 6. The summed E-state index contributed by atoms with van der Waals surface area (Å²) in [5.74, 6) is -0.843. The normalized spacial score (nSPS) is 15.2. The van der Waals surface area contributed by atoms with Crippen LogP contribution in [0.5, 0.6) is 17.2 Å². The minimum Gasteiger partial charge on any atom is -0.495 e. The maximum Gasteiger partial charge on any atom is 0.336 e. The lowest BCUT2D eigenvalue weighted by molar-refractivity contribution is -0.122. The van der Waals surface area contributed by atoms with Crippen LogP contribution in [-0.4, -0.2) is 38.7 Å². The van der Waals surface area contributed by atoms with E-state index in [-0.39, 0.29) is 27.8 Å². The lowest BCUT2D eigenvalue weighted by Crippen LogP contribution is -2.54. The van der Waals surface area contributed by atoms with Crippen LogP contribution in [0.15, 0.2) is 35.9 Å². The molecule has 162 valence electrons. The third-order valence-electron chi connectivity index (χ3n) is 4.36. The van der Waals surface area contributed by atoms with Crippen molar-refractivity contribution in [3.8, 4) is 17.2 Å². The maximum absolute atomic E-state index is 13.1. The molecule has 3 rings (SSSR count). The van der Waals surface area contributed by atoms with E-state index in [9.17, 15) is 14.4 Å². The van der Waals surface area contributed by atoms with Gasteiger partial charge in [0.05, 0.1) is 36.6 Å². The molecule has 4 amide bonds. The van der Waals surface area contributed by atoms with Crippen LogP contribution in [0.3, 0.4) is 0 Å². The van der Waals surface area contributed by atoms with Gasteiger partial charge in [-0.3, -0.25) is 14.9 Å². The molecule has 0 spiro atoms. The topological polar surface area (TPSA) is 94.2 Å². The third-order valence-corrected chi connectivity index (χ3v) is 4.95. The van der Waals surface area contributed by atoms with Crippen LogP contribution in [0.4, 0.5) is 10.5 Å². The highest BCUT2D eigenvalue weighted by Gasteiger charge is 2.38. The summed E-state index contributed by atoms with van der Waals surface area (Å²) in [4.78, 5) is 38.8. The molecule has 10 heteroatoms. The molecule has 1 saturated heterocycles. The molecular formula is C21H18Cl2N2O6. The Morgan fingerprint density at radius 3 is 2.26 bits per heavy atom. The zero-order valence-electron chi connectivity index (χ0n) is 16.8. The summed E-state index contributed by atoms with van der Waals surface area (Å²) in [5.41, 5.74) is 0.270. The van der Waals surface area contributed by atoms with Gasteiger partial charge in [0.15, 0.2) is 0 Å². The highest BCUT2D eigenvalue weighted by molar-refractivity contribution is 6.40. The first kappa shape index (κ1) is 22.5. The van der Waals surface area contributed by atoms with Gasteiger partial charge in [-0.1, -0.05) is 29.3 Å². The summed E-state index contributed by atoms with van der Waals surface area (Å²) in [7, 11) is 2.75. The molecule has 1 aliphatic heterocycles. The first-order chi connectivity index (χ1) is 14.8. The Labute approximate surface area is 188 Å². The number of halogens is 2. The van der Waals surface area contributed by atoms with Crippen LogP contribution in [-0.2, 0) is 9.59 Å². The van der Waals surface area contributed by atoms with Crippen molar-refractivity contribution >= 4 is 52.8 Å². The summed E-state index contributed by atoms with van der Waals surface area (Å²) in [6, 6.07) is 6.66. The Hall–Kier alpha value is -3.23. The Balaban J connectivity index is 2.06. The Kier molecular flexibility index (Phi) is 6.72. The average molecular weight is 465 g/mol. The number of carbonyl (C=O) groups is 3. The Morgan fingerprint density at radius 2 is 1.65 bits per heavy atom. The molecule has 1 aliphatic rings. The predicted octanol–water partition coefficient (Wildman–Crippen LogP) is 4.08. The molecule has 0 radical (unpaired) electrons. The van der Waals surface area contributed by atoms with Crippen molar-refractivity contribution in [3.05, 3.63) is 51.5 Å². The van der Waals surface area contributed by atoms with Crippen LogP contribution in [0.2, 0.25) is 10.0 Å². The molecule has 0 aromatic heterocycles. The molecule has 0 atom stereocenters. The number of barbiturate groups is 1. The van der Waals surface area contributed by atoms with Gasteiger partial charge in [-0.05, 0) is 30.7 Å². The zero-order chi connectivity index (χ0) is 22.7. The highest BCUT2D eigenvalue weighted by atomic mass is 35.5. The van der Waals surface area contributed by atoms with Crippen LogP contribution in [0, 0.1) is 0 Å². The van der Waals surface area contributed by atoms with Crippen molar-refractivity contribution in [2.24, 2.45) is 0 Å². The number of urea groups is 1. The molecule has 0 aliphatic carbocycles. The number of imide groups is 2. The highest BCUT2D eigenvalue weighted by Crippen LogP contribution is 2.39. The van der Waals surface area contributed by atoms with E-state index in [1.54, 1.807) is 18.2 Å². The summed E-state index contributed by atoms with van der Waals surface area (Å²) in [5, 5.41) is 2.69. The molecule has 0 bridgehead atoms. The number of rotatable bonds is 6. The van der Waals surface area contributed by atoms with Gasteiger partial charge < -0.3 is 14.2 Å². The van der Waals surface area contributed by atoms with E-state index in [0.717, 1.165) is 4.90 Å². The number of benzene rings is 2. The van der Waals surface area contributed by atoms with E-state index < -0.39 is 17.8 Å². The van der Waals surface area contributed by atoms with Gasteiger partial charge in [-0.15, -0.1) is 0 Å². The lowest BCUT2D eigenvalue weighted by Gasteiger charge is -2.28. The second kappa shape index (κ2) is 9.28. The quantitative estimate of drug-likeness (QED) is 0.511. The number of anilines is 1. The fourth-order valence-electron chi connectivity index (χ4n) is 2.94. The smallest absolute Gasteiger partial charge is 0.336 e. The van der Waals surface area contributed by atoms with E-state index in [2.05, 4.69) is 5.32 Å². The molecule has 31 heavy (non-hydrogen) atoms. The van der Waals surface area contributed by atoms with E-state index in [1.165, 1.54) is 32.4 Å². The minimum atomic E-state index is -0.931. The molecule has 0 unspecified atom stereocenters. The summed E-state index contributed by atoms with van der Waals surface area (Å²) in [6.07, 6.45) is 1.33. The summed E-state index contributed by atoms with van der Waals surface area (Å²) >= 11 is 12.3. The molecule has 1 heterocycles. The van der Waals surface area contributed by atoms with Gasteiger partial charge >= 0.3 is 6.03 Å². The largest absolute Gasteiger partial charge is 0.495 e. The van der Waals surface area contributed by atoms with Crippen molar-refractivity contribution < 1.29 is 28.6 Å². The Morgan fingerprint density at radius 1 is 0.968 bits per heavy atom. The number of ether oxygens (including phenoxy) is 3. The van der Waals surface area contributed by atoms with Crippen molar-refractivity contribution in [2.75, 3.05) is 25.7 Å². The molecule has 2 aromatic rings. The third kappa shape index (κ3) is 4.45. The molecule has 2 aromatic carbocycles. The number of nitrogens with one attached hydrogen (secondary N) is 1. The number of methoxy groups -OCH3 is 2. The first-order valence-electron chi connectivity index (χ1n) is 9.06. The molecule has 1 N–H and O–H groups in total. The maximum atomic E-state index is 13.1. The van der Waals surface area contributed by atoms with Gasteiger partial charge in [0.1, 0.15) is 22.8 Å². The van der Waals surface area contributed by atoms with Crippen molar-refractivity contribution in [2.45, 2.75) is 6.92 Å². The van der Waals surface area contributed by atoms with Crippen molar-refractivity contribution in [3.63, 3.8) is 0 Å². The van der Waals surface area contributed by atoms with Gasteiger partial charge in [-0.25, -0.2) is 9.69 Å². The fraction of sp³-hybridized carbons (Fsp3) is 0.190. The van der Waals surface area contributed by atoms with E-state index >= 15 is 0 Å². The number of amides is 4. The molecular weight excluding hydrogens is 447 g/mol. The van der Waals surface area contributed by atoms with Gasteiger partial charge in [0.25, 0.3) is 11.8 Å². The molecule has 8 nitrogen and oxygen atoms in total. The SMILES string of the molecule is CCOc1ccc(/C=C2\C(=O)NC(=O)N(c3cc(OC)c(Cl)cc3OC)C2=O)cc1Cl. The van der Waals surface area contributed by atoms with Crippen molar-refractivity contribution in [1.29, 1.82) is 0 Å². The van der Waals surface area contributed by atoms with Gasteiger partial charge in [0.2, 0.25) is 0 Å². The molecule has 1 fully saturated rings. The Bertz CT molecular complexity index is 1100. The minimum absolute atomic E-state index is 0.0642. The van der Waals surface area contributed by atoms with Crippen molar-refractivity contribution in [1.82, 2.24) is 5.32 Å². The average Bonchev–Trinajstić information content (AvgIpc) is 2.73.